The molecule has 3 rings (SSSR count). The fourth-order valence-corrected chi connectivity index (χ4v) is 3.36. The van der Waals surface area contributed by atoms with Crippen LogP contribution in [0.5, 0.6) is 0 Å². The summed E-state index contributed by atoms with van der Waals surface area (Å²) in [7, 11) is 0. The molecular weight excluding hydrogens is 305 g/mol. The van der Waals surface area contributed by atoms with Gasteiger partial charge in [0.05, 0.1) is 5.02 Å². The zero-order chi connectivity index (χ0) is 14.8. The molecule has 0 saturated heterocycles. The highest BCUT2D eigenvalue weighted by atomic mass is 35.5. The van der Waals surface area contributed by atoms with Gasteiger partial charge in [-0.25, -0.2) is 4.98 Å². The number of rotatable bonds is 4. The molecule has 1 aromatic heterocycles. The summed E-state index contributed by atoms with van der Waals surface area (Å²) >= 11 is 12.1. The highest BCUT2D eigenvalue weighted by Crippen LogP contribution is 2.38. The van der Waals surface area contributed by atoms with Crippen LogP contribution in [0.4, 0.5) is 5.69 Å². The van der Waals surface area contributed by atoms with E-state index < -0.39 is 0 Å². The van der Waals surface area contributed by atoms with Crippen LogP contribution in [0.3, 0.4) is 0 Å². The Balaban J connectivity index is 1.86. The molecule has 1 unspecified atom stereocenters. The number of anilines is 1. The maximum absolute atomic E-state index is 6.26. The molecule has 110 valence electrons. The molecule has 3 nitrogen and oxygen atoms in total. The monoisotopic (exact) mass is 321 g/mol. The van der Waals surface area contributed by atoms with Crippen molar-refractivity contribution in [2.24, 2.45) is 5.73 Å². The minimum absolute atomic E-state index is 0.423. The molecule has 5 heteroatoms. The van der Waals surface area contributed by atoms with Gasteiger partial charge in [0.25, 0.3) is 0 Å². The van der Waals surface area contributed by atoms with Crippen molar-refractivity contribution >= 4 is 28.9 Å². The van der Waals surface area contributed by atoms with E-state index >= 15 is 0 Å². The molecule has 1 aromatic carbocycles. The molecule has 21 heavy (non-hydrogen) atoms. The summed E-state index contributed by atoms with van der Waals surface area (Å²) in [6, 6.07) is 10.2. The van der Waals surface area contributed by atoms with E-state index in [0.29, 0.717) is 22.6 Å². The lowest BCUT2D eigenvalue weighted by Gasteiger charge is -2.20. The highest BCUT2D eigenvalue weighted by molar-refractivity contribution is 6.34. The van der Waals surface area contributed by atoms with Crippen LogP contribution in [0.1, 0.15) is 23.5 Å². The molecule has 0 spiro atoms. The van der Waals surface area contributed by atoms with Crippen molar-refractivity contribution in [1.29, 1.82) is 0 Å². The van der Waals surface area contributed by atoms with Crippen molar-refractivity contribution in [3.05, 3.63) is 57.8 Å². The molecule has 0 saturated carbocycles. The van der Waals surface area contributed by atoms with Gasteiger partial charge in [-0.05, 0) is 30.7 Å². The van der Waals surface area contributed by atoms with Gasteiger partial charge in [-0.3, -0.25) is 0 Å². The van der Waals surface area contributed by atoms with Crippen LogP contribution in [0.15, 0.2) is 36.5 Å². The number of benzene rings is 1. The molecule has 1 aliphatic rings. The van der Waals surface area contributed by atoms with Crippen LogP contribution in [0, 0.1) is 0 Å². The average Bonchev–Trinajstić information content (AvgIpc) is 2.81. The van der Waals surface area contributed by atoms with Crippen molar-refractivity contribution in [1.82, 2.24) is 4.98 Å². The number of hydrogen-bond donors (Lipinski definition) is 1. The minimum Gasteiger partial charge on any atom is -0.366 e. The first-order chi connectivity index (χ1) is 10.2. The molecular formula is C16H17Cl2N3. The zero-order valence-corrected chi connectivity index (χ0v) is 13.1. The Morgan fingerprint density at radius 2 is 2.10 bits per heavy atom. The Morgan fingerprint density at radius 1 is 1.29 bits per heavy atom. The molecule has 2 N–H and O–H groups in total. The summed E-state index contributed by atoms with van der Waals surface area (Å²) in [6.07, 6.45) is 2.75. The van der Waals surface area contributed by atoms with Gasteiger partial charge >= 0.3 is 0 Å². The van der Waals surface area contributed by atoms with Crippen LogP contribution in [-0.2, 0) is 6.54 Å². The molecule has 2 aromatic rings. The lowest BCUT2D eigenvalue weighted by Crippen LogP contribution is -2.22. The van der Waals surface area contributed by atoms with Crippen molar-refractivity contribution in [2.75, 3.05) is 18.0 Å². The number of hydrogen-bond acceptors (Lipinski definition) is 3. The van der Waals surface area contributed by atoms with Crippen LogP contribution >= 0.6 is 23.2 Å². The number of nitrogens with zero attached hydrogens (tertiary/aromatic N) is 2. The fraction of sp³-hybridized carbons (Fsp3) is 0.312. The van der Waals surface area contributed by atoms with E-state index in [4.69, 9.17) is 28.9 Å². The molecule has 0 fully saturated rings. The van der Waals surface area contributed by atoms with E-state index in [9.17, 15) is 0 Å². The number of para-hydroxylation sites is 1. The number of nitrogens with two attached hydrogens (primary N) is 1. The number of halogens is 2. The second-order valence-electron chi connectivity index (χ2n) is 5.31. The van der Waals surface area contributed by atoms with Crippen molar-refractivity contribution < 1.29 is 0 Å². The maximum Gasteiger partial charge on any atom is 0.130 e. The summed E-state index contributed by atoms with van der Waals surface area (Å²) in [5.74, 6) is 0.491. The molecule has 1 aliphatic heterocycles. The predicted octanol–water partition coefficient (Wildman–Crippen LogP) is 3.84. The van der Waals surface area contributed by atoms with E-state index in [-0.39, 0.29) is 0 Å². The smallest absolute Gasteiger partial charge is 0.130 e. The van der Waals surface area contributed by atoms with Gasteiger partial charge in [0, 0.05) is 36.5 Å². The molecule has 0 amide bonds. The second kappa shape index (κ2) is 6.22. The van der Waals surface area contributed by atoms with Crippen LogP contribution in [0.25, 0.3) is 0 Å². The summed E-state index contributed by atoms with van der Waals surface area (Å²) in [6.45, 7) is 2.41. The number of fused-ring (bicyclic) bond motifs is 1. The summed E-state index contributed by atoms with van der Waals surface area (Å²) in [4.78, 5) is 6.47. The first-order valence-corrected chi connectivity index (χ1v) is 7.78. The Bertz CT molecular complexity index is 645. The van der Waals surface area contributed by atoms with Gasteiger partial charge in [0.15, 0.2) is 0 Å². The standard InChI is InChI=1S/C16H17Cl2N3/c17-14-7-16(18)20-8-12(14)10-21-9-11(5-6-19)13-3-1-2-4-15(13)21/h1-4,7-8,11H,5-6,9-10,19H2. The first kappa shape index (κ1) is 14.6. The van der Waals surface area contributed by atoms with Crippen LogP contribution in [-0.4, -0.2) is 18.1 Å². The van der Waals surface area contributed by atoms with Gasteiger partial charge < -0.3 is 10.6 Å². The average molecular weight is 322 g/mol. The molecule has 0 aliphatic carbocycles. The summed E-state index contributed by atoms with van der Waals surface area (Å²) in [5.41, 5.74) is 9.37. The third-order valence-electron chi connectivity index (χ3n) is 3.93. The molecule has 1 atom stereocenters. The summed E-state index contributed by atoms with van der Waals surface area (Å²) < 4.78 is 0. The van der Waals surface area contributed by atoms with Crippen LogP contribution < -0.4 is 10.6 Å². The normalized spacial score (nSPS) is 17.1. The van der Waals surface area contributed by atoms with Crippen molar-refractivity contribution in [2.45, 2.75) is 18.9 Å². The van der Waals surface area contributed by atoms with Crippen LogP contribution in [0.2, 0.25) is 10.2 Å². The third kappa shape index (κ3) is 3.00. The molecule has 2 heterocycles. The topological polar surface area (TPSA) is 42.1 Å². The SMILES string of the molecule is NCCC1CN(Cc2cnc(Cl)cc2Cl)c2ccccc21. The summed E-state index contributed by atoms with van der Waals surface area (Å²) in [5, 5.41) is 1.08. The van der Waals surface area contributed by atoms with Gasteiger partial charge in [-0.2, -0.15) is 0 Å². The van der Waals surface area contributed by atoms with E-state index in [1.165, 1.54) is 11.3 Å². The first-order valence-electron chi connectivity index (χ1n) is 7.03. The van der Waals surface area contributed by atoms with Gasteiger partial charge in [0.1, 0.15) is 5.15 Å². The zero-order valence-electron chi connectivity index (χ0n) is 11.6. The number of pyridine rings is 1. The Labute approximate surface area is 134 Å². The lowest BCUT2D eigenvalue weighted by atomic mass is 9.98. The third-order valence-corrected chi connectivity index (χ3v) is 4.49. The predicted molar refractivity (Wildman–Crippen MR) is 88.2 cm³/mol. The number of aromatic nitrogens is 1. The van der Waals surface area contributed by atoms with Crippen molar-refractivity contribution in [3.63, 3.8) is 0 Å². The maximum atomic E-state index is 6.26. The molecule has 0 bridgehead atoms. The lowest BCUT2D eigenvalue weighted by molar-refractivity contribution is 0.644. The van der Waals surface area contributed by atoms with E-state index in [1.54, 1.807) is 12.3 Å². The quantitative estimate of drug-likeness (QED) is 0.870. The second-order valence-corrected chi connectivity index (χ2v) is 6.11. The van der Waals surface area contributed by atoms with E-state index in [2.05, 4.69) is 34.1 Å². The molecule has 0 radical (unpaired) electrons. The van der Waals surface area contributed by atoms with Crippen molar-refractivity contribution in [3.8, 4) is 0 Å². The Morgan fingerprint density at radius 3 is 2.86 bits per heavy atom. The Hall–Kier alpha value is -1.29. The highest BCUT2D eigenvalue weighted by Gasteiger charge is 2.27. The fourth-order valence-electron chi connectivity index (χ4n) is 2.94. The van der Waals surface area contributed by atoms with Gasteiger partial charge in [-0.15, -0.1) is 0 Å². The van der Waals surface area contributed by atoms with E-state index in [0.717, 1.165) is 25.1 Å². The minimum atomic E-state index is 0.423. The largest absolute Gasteiger partial charge is 0.366 e. The van der Waals surface area contributed by atoms with Gasteiger partial charge in [-0.1, -0.05) is 41.4 Å². The Kier molecular flexibility index (Phi) is 4.34. The van der Waals surface area contributed by atoms with E-state index in [1.807, 2.05) is 0 Å². The van der Waals surface area contributed by atoms with Gasteiger partial charge in [0.2, 0.25) is 0 Å².